The third-order valence-corrected chi connectivity index (χ3v) is 0.283. The van der Waals surface area contributed by atoms with Gasteiger partial charge in [0.15, 0.2) is 0 Å². The maximum Gasteiger partial charge on any atom is 0 e. The summed E-state index contributed by atoms with van der Waals surface area (Å²) in [4.78, 5) is 9.00. The Morgan fingerprint density at radius 3 is 2.00 bits per heavy atom. The first-order chi connectivity index (χ1) is 1.91. The van der Waals surface area contributed by atoms with Gasteiger partial charge in [-0.3, -0.25) is 6.29 Å². The van der Waals surface area contributed by atoms with Crippen molar-refractivity contribution in [3.05, 3.63) is 0 Å². The van der Waals surface area contributed by atoms with Crippen molar-refractivity contribution in [2.24, 2.45) is 0 Å². The Labute approximate surface area is 53.5 Å². The van der Waals surface area contributed by atoms with Crippen molar-refractivity contribution in [3.8, 4) is 0 Å². The number of halogens is 1. The molecule has 0 saturated heterocycles. The minimum atomic E-state index is 0. The van der Waals surface area contributed by atoms with Crippen molar-refractivity contribution < 1.29 is 25.9 Å². The van der Waals surface area contributed by atoms with Crippen molar-refractivity contribution in [1.29, 1.82) is 0 Å². The van der Waals surface area contributed by atoms with Gasteiger partial charge in [-0.05, 0) is 0 Å². The summed E-state index contributed by atoms with van der Waals surface area (Å²) >= 11 is 2.82. The molecule has 34 valence electrons. The van der Waals surface area contributed by atoms with Crippen molar-refractivity contribution in [1.82, 2.24) is 0 Å². The van der Waals surface area contributed by atoms with Gasteiger partial charge < -0.3 is 4.79 Å². The first-order valence-electron chi connectivity index (χ1n) is 0.825. The fourth-order valence-electron chi connectivity index (χ4n) is 0. The summed E-state index contributed by atoms with van der Waals surface area (Å²) in [5, 5.41) is 0.326. The molecule has 1 nitrogen and oxygen atoms in total. The van der Waals surface area contributed by atoms with Crippen molar-refractivity contribution in [2.45, 2.75) is 0 Å². The second kappa shape index (κ2) is 8.85. The van der Waals surface area contributed by atoms with Crippen molar-refractivity contribution >= 4 is 22.2 Å². The van der Waals surface area contributed by atoms with Crippen LogP contribution in [0.5, 0.6) is 0 Å². The Hall–Kier alpha value is 0.838. The molecule has 0 aromatic carbocycles. The normalized spacial score (nSPS) is 5.00. The zero-order valence-electron chi connectivity index (χ0n) is 2.31. The van der Waals surface area contributed by atoms with Crippen LogP contribution in [0.2, 0.25) is 0 Å². The Morgan fingerprint density at radius 1 is 1.80 bits per heavy atom. The first-order valence-corrected chi connectivity index (χ1v) is 1.95. The molecule has 0 saturated carbocycles. The van der Waals surface area contributed by atoms with Gasteiger partial charge in [-0.1, -0.05) is 5.33 Å². The summed E-state index contributed by atoms with van der Waals surface area (Å²) in [5.41, 5.74) is 0. The Balaban J connectivity index is 0. The van der Waals surface area contributed by atoms with Crippen LogP contribution in [-0.2, 0) is 25.9 Å². The molecule has 0 aliphatic rings. The Kier molecular flexibility index (Phi) is 16.4. The van der Waals surface area contributed by atoms with Crippen LogP contribution in [0.3, 0.4) is 0 Å². The first kappa shape index (κ1) is 9.28. The number of hydrogen-bond acceptors (Lipinski definition) is 1. The molecule has 5 heavy (non-hydrogen) atoms. The molecule has 0 atom stereocenters. The molecule has 0 aromatic rings. The molecule has 0 aliphatic heterocycles. The molecule has 0 N–H and O–H groups in total. The molecule has 0 fully saturated rings. The Morgan fingerprint density at radius 2 is 2.00 bits per heavy atom. The number of rotatable bonds is 1. The topological polar surface area (TPSA) is 17.1 Å². The molecular weight excluding hydrogens is 315 g/mol. The van der Waals surface area contributed by atoms with E-state index in [-0.39, 0.29) is 21.1 Å². The van der Waals surface area contributed by atoms with Gasteiger partial charge >= 0.3 is 0 Å². The number of carbonyl (C=O) groups excluding carboxylic acids is 1. The molecule has 0 bridgehead atoms. The third kappa shape index (κ3) is 11.5. The zero-order valence-corrected chi connectivity index (χ0v) is 6.17. The van der Waals surface area contributed by atoms with Crippen LogP contribution in [0.25, 0.3) is 0 Å². The van der Waals surface area contributed by atoms with Crippen LogP contribution >= 0.6 is 15.9 Å². The average molecular weight is 317 g/mol. The van der Waals surface area contributed by atoms with Crippen LogP contribution < -0.4 is 0 Å². The molecule has 0 spiro atoms. The van der Waals surface area contributed by atoms with E-state index in [0.29, 0.717) is 5.33 Å². The van der Waals surface area contributed by atoms with Crippen LogP contribution in [0.15, 0.2) is 0 Å². The maximum atomic E-state index is 9.00. The van der Waals surface area contributed by atoms with Gasteiger partial charge in [0, 0.05) is 21.1 Å². The molecule has 0 unspecified atom stereocenters. The zero-order chi connectivity index (χ0) is 3.41. The van der Waals surface area contributed by atoms with Gasteiger partial charge in [0.2, 0.25) is 0 Å². The largest absolute Gasteiger partial charge is 0.541 e. The summed E-state index contributed by atoms with van der Waals surface area (Å²) in [7, 11) is 0. The molecule has 0 amide bonds. The molecule has 0 aliphatic carbocycles. The van der Waals surface area contributed by atoms with E-state index >= 15 is 0 Å². The van der Waals surface area contributed by atoms with Crippen LogP contribution in [-0.4, -0.2) is 11.6 Å². The molecule has 0 aromatic heterocycles. The second-order valence-electron chi connectivity index (χ2n) is 0.278. The fourth-order valence-corrected chi connectivity index (χ4v) is 0. The van der Waals surface area contributed by atoms with Crippen LogP contribution in [0.4, 0.5) is 0 Å². The van der Waals surface area contributed by atoms with Crippen LogP contribution in [0, 0.1) is 0 Å². The minimum Gasteiger partial charge on any atom is -0.541 e. The average Bonchev–Trinajstić information content (AvgIpc) is 1.37. The number of hydrogen-bond donors (Lipinski definition) is 0. The van der Waals surface area contributed by atoms with Gasteiger partial charge in [-0.25, -0.2) is 0 Å². The second-order valence-corrected chi connectivity index (χ2v) is 0.839. The molecular formula is C2H2BrOPt-. The predicted octanol–water partition coefficient (Wildman–Crippen LogP) is 0.488. The van der Waals surface area contributed by atoms with Gasteiger partial charge in [0.1, 0.15) is 0 Å². The van der Waals surface area contributed by atoms with E-state index < -0.39 is 0 Å². The minimum absolute atomic E-state index is 0. The summed E-state index contributed by atoms with van der Waals surface area (Å²) in [6, 6.07) is 0. The van der Waals surface area contributed by atoms with Gasteiger partial charge in [0.25, 0.3) is 0 Å². The SMILES string of the molecule is O=[C-]CBr.[Pt]. The molecule has 3 heteroatoms. The fraction of sp³-hybridized carbons (Fsp3) is 0.500. The van der Waals surface area contributed by atoms with E-state index in [1.54, 1.807) is 6.29 Å². The summed E-state index contributed by atoms with van der Waals surface area (Å²) in [6.45, 7) is 0. The van der Waals surface area contributed by atoms with E-state index in [1.165, 1.54) is 0 Å². The van der Waals surface area contributed by atoms with Crippen molar-refractivity contribution in [2.75, 3.05) is 5.33 Å². The maximum absolute atomic E-state index is 9.00. The van der Waals surface area contributed by atoms with Crippen molar-refractivity contribution in [3.63, 3.8) is 0 Å². The van der Waals surface area contributed by atoms with Gasteiger partial charge in [-0.2, -0.15) is 0 Å². The quantitative estimate of drug-likeness (QED) is 0.508. The Bertz CT molecular complexity index is 23.6. The standard InChI is InChI=1S/C2H2BrO.Pt/c3-1-2-4;/h1H2;/q-1;. The third-order valence-electron chi connectivity index (χ3n) is 0.0546. The van der Waals surface area contributed by atoms with Gasteiger partial charge in [0.05, 0.1) is 0 Å². The van der Waals surface area contributed by atoms with Crippen LogP contribution in [0.1, 0.15) is 0 Å². The summed E-state index contributed by atoms with van der Waals surface area (Å²) in [6.07, 6.45) is 1.60. The number of alkyl halides is 1. The van der Waals surface area contributed by atoms with E-state index in [2.05, 4.69) is 15.9 Å². The predicted molar refractivity (Wildman–Crippen MR) is 19.5 cm³/mol. The molecule has 0 heterocycles. The summed E-state index contributed by atoms with van der Waals surface area (Å²) < 4.78 is 0. The summed E-state index contributed by atoms with van der Waals surface area (Å²) in [5.74, 6) is 0. The molecule has 0 rings (SSSR count). The van der Waals surface area contributed by atoms with E-state index in [4.69, 9.17) is 4.79 Å². The monoisotopic (exact) mass is 316 g/mol. The van der Waals surface area contributed by atoms with E-state index in [0.717, 1.165) is 0 Å². The van der Waals surface area contributed by atoms with E-state index in [1.807, 2.05) is 0 Å². The molecule has 0 radical (unpaired) electrons. The van der Waals surface area contributed by atoms with E-state index in [9.17, 15) is 0 Å². The van der Waals surface area contributed by atoms with Gasteiger partial charge in [-0.15, -0.1) is 15.9 Å². The smallest absolute Gasteiger partial charge is 0 e.